The smallest absolute Gasteiger partial charge is 0.259 e. The Morgan fingerprint density at radius 1 is 1.21 bits per heavy atom. The predicted octanol–water partition coefficient (Wildman–Crippen LogP) is 6.84. The van der Waals surface area contributed by atoms with Crippen LogP contribution in [0.1, 0.15) is 45.3 Å². The first-order chi connectivity index (χ1) is 14.0. The fraction of sp³-hybridized carbons (Fsp3) is 0.250. The average Bonchev–Trinajstić information content (AvgIpc) is 3.06. The molecule has 0 saturated carbocycles. The van der Waals surface area contributed by atoms with Crippen LogP contribution in [0, 0.1) is 12.8 Å². The zero-order chi connectivity index (χ0) is 20.4. The number of rotatable bonds is 4. The molecule has 1 aliphatic rings. The third-order valence-electron chi connectivity index (χ3n) is 5.31. The molecule has 0 fully saturated rings. The topological polar surface area (TPSA) is 41.5 Å². The van der Waals surface area contributed by atoms with Crippen LogP contribution in [0.3, 0.4) is 0 Å². The maximum Gasteiger partial charge on any atom is 0.259 e. The third-order valence-corrected chi connectivity index (χ3v) is 6.73. The van der Waals surface area contributed by atoms with E-state index < -0.39 is 0 Å². The molecule has 0 bridgehead atoms. The summed E-state index contributed by atoms with van der Waals surface area (Å²) in [6, 6.07) is 15.4. The number of para-hydroxylation sites is 1. The molecule has 29 heavy (non-hydrogen) atoms. The summed E-state index contributed by atoms with van der Waals surface area (Å²) in [5.41, 5.74) is 4.74. The van der Waals surface area contributed by atoms with Gasteiger partial charge in [-0.1, -0.05) is 48.9 Å². The zero-order valence-electron chi connectivity index (χ0n) is 16.5. The van der Waals surface area contributed by atoms with Gasteiger partial charge in [-0.25, -0.2) is 4.99 Å². The van der Waals surface area contributed by atoms with Gasteiger partial charge < -0.3 is 5.32 Å². The molecule has 5 heteroatoms. The molecule has 148 valence electrons. The van der Waals surface area contributed by atoms with Crippen molar-refractivity contribution in [2.75, 3.05) is 5.32 Å². The highest BCUT2D eigenvalue weighted by Gasteiger charge is 2.27. The molecule has 1 heterocycles. The van der Waals surface area contributed by atoms with Crippen molar-refractivity contribution in [3.8, 4) is 0 Å². The number of thiophene rings is 1. The van der Waals surface area contributed by atoms with Crippen LogP contribution in [0.2, 0.25) is 5.02 Å². The van der Waals surface area contributed by atoms with Crippen LogP contribution in [-0.4, -0.2) is 12.1 Å². The molecular weight excluding hydrogens is 400 g/mol. The standard InChI is InChI=1S/C24H23ClN2OS/c1-15-7-12-19-21(13-15)29-24(26-14-17-8-10-18(25)11-9-17)22(19)23(28)27-20-6-4-3-5-16(20)2/h3-6,8-11,14-15H,7,12-13H2,1-2H3,(H,27,28)/b26-14+. The number of hydrogen-bond acceptors (Lipinski definition) is 3. The highest BCUT2D eigenvalue weighted by molar-refractivity contribution is 7.16. The Balaban J connectivity index is 1.70. The molecule has 1 N–H and O–H groups in total. The predicted molar refractivity (Wildman–Crippen MR) is 123 cm³/mol. The Kier molecular flexibility index (Phi) is 5.84. The summed E-state index contributed by atoms with van der Waals surface area (Å²) in [6.07, 6.45) is 4.86. The lowest BCUT2D eigenvalue weighted by Crippen LogP contribution is -2.17. The number of benzene rings is 2. The van der Waals surface area contributed by atoms with Crippen molar-refractivity contribution in [1.29, 1.82) is 0 Å². The van der Waals surface area contributed by atoms with E-state index in [4.69, 9.17) is 16.6 Å². The van der Waals surface area contributed by atoms with Gasteiger partial charge in [0.2, 0.25) is 0 Å². The van der Waals surface area contributed by atoms with Gasteiger partial charge >= 0.3 is 0 Å². The van der Waals surface area contributed by atoms with E-state index in [2.05, 4.69) is 12.2 Å². The molecule has 1 unspecified atom stereocenters. The minimum Gasteiger partial charge on any atom is -0.322 e. The molecule has 0 aliphatic heterocycles. The maximum atomic E-state index is 13.3. The van der Waals surface area contributed by atoms with E-state index in [9.17, 15) is 4.79 Å². The molecule has 0 spiro atoms. The van der Waals surface area contributed by atoms with Gasteiger partial charge in [-0.3, -0.25) is 4.79 Å². The lowest BCUT2D eigenvalue weighted by molar-refractivity contribution is 0.102. The molecule has 4 rings (SSSR count). The highest BCUT2D eigenvalue weighted by Crippen LogP contribution is 2.41. The van der Waals surface area contributed by atoms with E-state index in [1.807, 2.05) is 61.7 Å². The number of nitrogens with zero attached hydrogens (tertiary/aromatic N) is 1. The van der Waals surface area contributed by atoms with Gasteiger partial charge in [0.05, 0.1) is 5.56 Å². The largest absolute Gasteiger partial charge is 0.322 e. The summed E-state index contributed by atoms with van der Waals surface area (Å²) in [4.78, 5) is 19.3. The molecule has 0 radical (unpaired) electrons. The second-order valence-corrected chi connectivity index (χ2v) is 9.13. The first kappa shape index (κ1) is 19.9. The Morgan fingerprint density at radius 2 is 1.97 bits per heavy atom. The fourth-order valence-electron chi connectivity index (χ4n) is 3.64. The van der Waals surface area contributed by atoms with Gasteiger partial charge in [-0.05, 0) is 67.0 Å². The summed E-state index contributed by atoms with van der Waals surface area (Å²) < 4.78 is 0. The van der Waals surface area contributed by atoms with Crippen LogP contribution in [0.15, 0.2) is 53.5 Å². The minimum absolute atomic E-state index is 0.0744. The Hall–Kier alpha value is -2.43. The quantitative estimate of drug-likeness (QED) is 0.459. The number of hydrogen-bond donors (Lipinski definition) is 1. The Morgan fingerprint density at radius 3 is 2.72 bits per heavy atom. The number of carbonyl (C=O) groups is 1. The van der Waals surface area contributed by atoms with Gasteiger partial charge in [0.25, 0.3) is 5.91 Å². The molecule has 0 saturated heterocycles. The van der Waals surface area contributed by atoms with Crippen molar-refractivity contribution >= 4 is 45.7 Å². The number of nitrogens with one attached hydrogen (secondary N) is 1. The lowest BCUT2D eigenvalue weighted by Gasteiger charge is -2.18. The molecule has 3 aromatic rings. The summed E-state index contributed by atoms with van der Waals surface area (Å²) in [7, 11) is 0. The SMILES string of the molecule is Cc1ccccc1NC(=O)c1c(/N=C/c2ccc(Cl)cc2)sc2c1CCC(C)C2. The van der Waals surface area contributed by atoms with Gasteiger partial charge in [0, 0.05) is 21.8 Å². The minimum atomic E-state index is -0.0744. The first-order valence-electron chi connectivity index (χ1n) is 9.82. The van der Waals surface area contributed by atoms with Gasteiger partial charge in [0.1, 0.15) is 5.00 Å². The average molecular weight is 423 g/mol. The molecule has 1 amide bonds. The van der Waals surface area contributed by atoms with Crippen LogP contribution in [0.4, 0.5) is 10.7 Å². The maximum absolute atomic E-state index is 13.3. The second kappa shape index (κ2) is 8.52. The van der Waals surface area contributed by atoms with Crippen LogP contribution < -0.4 is 5.32 Å². The fourth-order valence-corrected chi connectivity index (χ4v) is 5.12. The van der Waals surface area contributed by atoms with E-state index in [-0.39, 0.29) is 5.91 Å². The van der Waals surface area contributed by atoms with Crippen LogP contribution >= 0.6 is 22.9 Å². The number of fused-ring (bicyclic) bond motifs is 1. The van der Waals surface area contributed by atoms with Crippen molar-refractivity contribution < 1.29 is 4.79 Å². The molecule has 1 atom stereocenters. The van der Waals surface area contributed by atoms with Crippen molar-refractivity contribution in [1.82, 2.24) is 0 Å². The van der Waals surface area contributed by atoms with Gasteiger partial charge in [0.15, 0.2) is 0 Å². The molecule has 1 aromatic heterocycles. The monoisotopic (exact) mass is 422 g/mol. The van der Waals surface area contributed by atoms with Gasteiger partial charge in [-0.2, -0.15) is 0 Å². The molecule has 1 aliphatic carbocycles. The van der Waals surface area contributed by atoms with Crippen LogP contribution in [0.5, 0.6) is 0 Å². The molecule has 2 aromatic carbocycles. The van der Waals surface area contributed by atoms with Crippen molar-refractivity contribution in [2.45, 2.75) is 33.1 Å². The summed E-state index contributed by atoms with van der Waals surface area (Å²) in [6.45, 7) is 4.27. The number of carbonyl (C=O) groups excluding carboxylic acids is 1. The summed E-state index contributed by atoms with van der Waals surface area (Å²) >= 11 is 7.62. The summed E-state index contributed by atoms with van der Waals surface area (Å²) in [5, 5.41) is 4.57. The summed E-state index contributed by atoms with van der Waals surface area (Å²) in [5.74, 6) is 0.566. The van der Waals surface area contributed by atoms with E-state index in [0.29, 0.717) is 10.9 Å². The van der Waals surface area contributed by atoms with Gasteiger partial charge in [-0.15, -0.1) is 11.3 Å². The van der Waals surface area contributed by atoms with E-state index in [1.54, 1.807) is 11.3 Å². The molecular formula is C24H23ClN2OS. The van der Waals surface area contributed by atoms with Crippen molar-refractivity contribution in [3.63, 3.8) is 0 Å². The third kappa shape index (κ3) is 4.44. The number of anilines is 1. The van der Waals surface area contributed by atoms with Crippen molar-refractivity contribution in [2.24, 2.45) is 10.9 Å². The number of aliphatic imine (C=N–C) groups is 1. The lowest BCUT2D eigenvalue weighted by atomic mass is 9.88. The van der Waals surface area contributed by atoms with E-state index in [1.165, 1.54) is 10.4 Å². The number of halogens is 1. The van der Waals surface area contributed by atoms with Crippen molar-refractivity contribution in [3.05, 3.63) is 80.7 Å². The van der Waals surface area contributed by atoms with Crippen LogP contribution in [0.25, 0.3) is 0 Å². The van der Waals surface area contributed by atoms with E-state index in [0.717, 1.165) is 46.6 Å². The first-order valence-corrected chi connectivity index (χ1v) is 11.0. The normalized spacial score (nSPS) is 16.0. The number of aryl methyl sites for hydroxylation is 1. The second-order valence-electron chi connectivity index (χ2n) is 7.61. The Labute approximate surface area is 180 Å². The highest BCUT2D eigenvalue weighted by atomic mass is 35.5. The Bertz CT molecular complexity index is 1070. The molecule has 3 nitrogen and oxygen atoms in total. The number of amides is 1. The zero-order valence-corrected chi connectivity index (χ0v) is 18.1. The van der Waals surface area contributed by atoms with E-state index >= 15 is 0 Å². The van der Waals surface area contributed by atoms with Crippen LogP contribution in [-0.2, 0) is 12.8 Å².